The topological polar surface area (TPSA) is 53.8 Å². The summed E-state index contributed by atoms with van der Waals surface area (Å²) in [5.41, 5.74) is 3.28. The zero-order valence-corrected chi connectivity index (χ0v) is 14.1. The lowest BCUT2D eigenvalue weighted by molar-refractivity contribution is -0.117. The Hall–Kier alpha value is -2.56. The number of rotatable bonds is 5. The second kappa shape index (κ2) is 6.91. The van der Waals surface area contributed by atoms with Gasteiger partial charge in [-0.2, -0.15) is 0 Å². The lowest BCUT2D eigenvalue weighted by atomic mass is 10.1. The number of furan rings is 1. The molecule has 1 aromatic heterocycles. The highest BCUT2D eigenvalue weighted by atomic mass is 16.3. The summed E-state index contributed by atoms with van der Waals surface area (Å²) < 4.78 is 5.09. The Labute approximate surface area is 141 Å². The molecule has 0 aliphatic carbocycles. The minimum absolute atomic E-state index is 0.0582. The molecular weight excluding hydrogens is 304 g/mol. The molecule has 0 bridgehead atoms. The van der Waals surface area contributed by atoms with Gasteiger partial charge in [0, 0.05) is 31.6 Å². The first-order chi connectivity index (χ1) is 11.6. The van der Waals surface area contributed by atoms with Crippen LogP contribution in [0.4, 0.5) is 5.69 Å². The number of aryl methyl sites for hydroxylation is 1. The molecule has 0 atom stereocenters. The third-order valence-corrected chi connectivity index (χ3v) is 4.37. The van der Waals surface area contributed by atoms with E-state index in [-0.39, 0.29) is 11.8 Å². The van der Waals surface area contributed by atoms with Crippen molar-refractivity contribution in [2.24, 2.45) is 0 Å². The van der Waals surface area contributed by atoms with Crippen LogP contribution in [0.3, 0.4) is 0 Å². The molecule has 5 nitrogen and oxygen atoms in total. The number of nitrogens with zero attached hydrogens (tertiary/aromatic N) is 2. The van der Waals surface area contributed by atoms with Gasteiger partial charge in [0.15, 0.2) is 0 Å². The van der Waals surface area contributed by atoms with E-state index >= 15 is 0 Å². The molecule has 24 heavy (non-hydrogen) atoms. The molecule has 1 fully saturated rings. The van der Waals surface area contributed by atoms with Crippen molar-refractivity contribution in [1.82, 2.24) is 4.90 Å². The van der Waals surface area contributed by atoms with Gasteiger partial charge in [-0.15, -0.1) is 0 Å². The highest BCUT2D eigenvalue weighted by molar-refractivity contribution is 6.05. The molecule has 3 rings (SSSR count). The summed E-state index contributed by atoms with van der Waals surface area (Å²) in [5.74, 6) is 0.0305. The van der Waals surface area contributed by atoms with E-state index < -0.39 is 0 Å². The number of carbonyl (C=O) groups is 2. The molecule has 0 radical (unpaired) electrons. The fourth-order valence-electron chi connectivity index (χ4n) is 3.06. The van der Waals surface area contributed by atoms with Gasteiger partial charge in [-0.1, -0.05) is 11.6 Å². The van der Waals surface area contributed by atoms with Crippen molar-refractivity contribution in [2.75, 3.05) is 18.0 Å². The average Bonchev–Trinajstić information content (AvgIpc) is 3.23. The second-order valence-corrected chi connectivity index (χ2v) is 6.12. The number of anilines is 1. The molecule has 1 aliphatic heterocycles. The van der Waals surface area contributed by atoms with Crippen LogP contribution < -0.4 is 4.90 Å². The molecule has 2 aromatic rings. The summed E-state index contributed by atoms with van der Waals surface area (Å²) in [7, 11) is 0. The van der Waals surface area contributed by atoms with Gasteiger partial charge in [-0.05, 0) is 38.5 Å². The summed E-state index contributed by atoms with van der Waals surface area (Å²) in [6.07, 6.45) is 4.65. The first-order valence-corrected chi connectivity index (χ1v) is 8.31. The van der Waals surface area contributed by atoms with Crippen molar-refractivity contribution >= 4 is 17.5 Å². The molecule has 1 aromatic carbocycles. The van der Waals surface area contributed by atoms with Gasteiger partial charge >= 0.3 is 0 Å². The summed E-state index contributed by atoms with van der Waals surface area (Å²) in [5, 5.41) is 0. The number of amides is 2. The molecule has 1 saturated heterocycles. The van der Waals surface area contributed by atoms with Crippen LogP contribution in [0.1, 0.15) is 41.3 Å². The molecule has 0 unspecified atom stereocenters. The molecular formula is C19H22N2O3. The van der Waals surface area contributed by atoms with Crippen molar-refractivity contribution in [2.45, 2.75) is 33.2 Å². The lowest BCUT2D eigenvalue weighted by Gasteiger charge is -2.25. The number of benzene rings is 1. The number of hydrogen-bond donors (Lipinski definition) is 0. The van der Waals surface area contributed by atoms with Gasteiger partial charge in [0.1, 0.15) is 0 Å². The van der Waals surface area contributed by atoms with E-state index in [4.69, 9.17) is 4.42 Å². The van der Waals surface area contributed by atoms with Crippen LogP contribution in [-0.2, 0) is 11.3 Å². The largest absolute Gasteiger partial charge is 0.472 e. The summed E-state index contributed by atoms with van der Waals surface area (Å²) >= 11 is 0. The van der Waals surface area contributed by atoms with Crippen molar-refractivity contribution in [3.05, 3.63) is 53.5 Å². The van der Waals surface area contributed by atoms with Gasteiger partial charge in [0.05, 0.1) is 23.8 Å². The van der Waals surface area contributed by atoms with Gasteiger partial charge in [-0.3, -0.25) is 9.59 Å². The minimum Gasteiger partial charge on any atom is -0.472 e. The lowest BCUT2D eigenvalue weighted by Crippen LogP contribution is -2.33. The van der Waals surface area contributed by atoms with Crippen LogP contribution in [-0.4, -0.2) is 29.8 Å². The van der Waals surface area contributed by atoms with E-state index in [1.54, 1.807) is 22.3 Å². The summed E-state index contributed by atoms with van der Waals surface area (Å²) in [4.78, 5) is 28.7. The van der Waals surface area contributed by atoms with Gasteiger partial charge in [0.25, 0.3) is 5.91 Å². The molecule has 2 amide bonds. The predicted molar refractivity (Wildman–Crippen MR) is 91.9 cm³/mol. The van der Waals surface area contributed by atoms with Crippen molar-refractivity contribution in [3.63, 3.8) is 0 Å². The zero-order chi connectivity index (χ0) is 17.1. The molecule has 126 valence electrons. The first kappa shape index (κ1) is 16.3. The number of hydrogen-bond acceptors (Lipinski definition) is 3. The Morgan fingerprint density at radius 2 is 2.17 bits per heavy atom. The van der Waals surface area contributed by atoms with Gasteiger partial charge in [0.2, 0.25) is 5.91 Å². The SMILES string of the molecule is CCN(Cc1ccoc1)C(=O)c1cc(C)ccc1N1CCCC1=O. The average molecular weight is 326 g/mol. The zero-order valence-electron chi connectivity index (χ0n) is 14.1. The monoisotopic (exact) mass is 326 g/mol. The van der Waals surface area contributed by atoms with Crippen LogP contribution in [0, 0.1) is 6.92 Å². The maximum absolute atomic E-state index is 13.1. The van der Waals surface area contributed by atoms with Gasteiger partial charge < -0.3 is 14.2 Å². The maximum Gasteiger partial charge on any atom is 0.256 e. The van der Waals surface area contributed by atoms with Crippen LogP contribution in [0.5, 0.6) is 0 Å². The maximum atomic E-state index is 13.1. The molecule has 0 N–H and O–H groups in total. The van der Waals surface area contributed by atoms with Crippen molar-refractivity contribution in [3.8, 4) is 0 Å². The second-order valence-electron chi connectivity index (χ2n) is 6.12. The van der Waals surface area contributed by atoms with E-state index in [1.807, 2.05) is 38.1 Å². The first-order valence-electron chi connectivity index (χ1n) is 8.31. The quantitative estimate of drug-likeness (QED) is 0.846. The summed E-state index contributed by atoms with van der Waals surface area (Å²) in [6.45, 7) is 5.67. The highest BCUT2D eigenvalue weighted by Gasteiger charge is 2.27. The van der Waals surface area contributed by atoms with E-state index in [1.165, 1.54) is 0 Å². The normalized spacial score (nSPS) is 14.2. The molecule has 2 heterocycles. The van der Waals surface area contributed by atoms with Gasteiger partial charge in [-0.25, -0.2) is 0 Å². The van der Waals surface area contributed by atoms with Crippen LogP contribution >= 0.6 is 0 Å². The van der Waals surface area contributed by atoms with Crippen molar-refractivity contribution < 1.29 is 14.0 Å². The smallest absolute Gasteiger partial charge is 0.256 e. The van der Waals surface area contributed by atoms with E-state index in [2.05, 4.69) is 0 Å². The Morgan fingerprint density at radius 3 is 2.79 bits per heavy atom. The van der Waals surface area contributed by atoms with Crippen molar-refractivity contribution in [1.29, 1.82) is 0 Å². The Bertz CT molecular complexity index is 737. The predicted octanol–water partition coefficient (Wildman–Crippen LogP) is 3.38. The Balaban J connectivity index is 1.92. The highest BCUT2D eigenvalue weighted by Crippen LogP contribution is 2.28. The Kier molecular flexibility index (Phi) is 4.69. The van der Waals surface area contributed by atoms with E-state index in [9.17, 15) is 9.59 Å². The van der Waals surface area contributed by atoms with E-state index in [0.717, 1.165) is 23.2 Å². The van der Waals surface area contributed by atoms with Crippen LogP contribution in [0.25, 0.3) is 0 Å². The minimum atomic E-state index is -0.0582. The molecule has 0 spiro atoms. The van der Waals surface area contributed by atoms with E-state index in [0.29, 0.717) is 31.6 Å². The standard InChI is InChI=1S/C19H22N2O3/c1-3-20(12-15-8-10-24-13-15)19(23)16-11-14(2)6-7-17(16)21-9-4-5-18(21)22/h6-8,10-11,13H,3-5,9,12H2,1-2H3. The third-order valence-electron chi connectivity index (χ3n) is 4.37. The molecule has 5 heteroatoms. The third kappa shape index (κ3) is 3.20. The van der Waals surface area contributed by atoms with Crippen LogP contribution in [0.2, 0.25) is 0 Å². The summed E-state index contributed by atoms with van der Waals surface area (Å²) in [6, 6.07) is 7.57. The fraction of sp³-hybridized carbons (Fsp3) is 0.368. The molecule has 1 aliphatic rings. The molecule has 0 saturated carbocycles. The number of carbonyl (C=O) groups excluding carboxylic acids is 2. The van der Waals surface area contributed by atoms with Crippen LogP contribution in [0.15, 0.2) is 41.2 Å². The fourth-order valence-corrected chi connectivity index (χ4v) is 3.06. The Morgan fingerprint density at radius 1 is 1.33 bits per heavy atom.